The highest BCUT2D eigenvalue weighted by molar-refractivity contribution is 9.09. The molecule has 0 aliphatic carbocycles. The summed E-state index contributed by atoms with van der Waals surface area (Å²) in [7, 11) is 0. The Hall–Kier alpha value is -2.76. The molecule has 0 amide bonds. The van der Waals surface area contributed by atoms with Gasteiger partial charge in [-0.05, 0) is 22.3 Å². The maximum Gasteiger partial charge on any atom is 0.0558 e. The maximum absolute atomic E-state index is 9.15. The molecule has 0 aliphatic rings. The minimum atomic E-state index is 0.194. The SMILES string of the molecule is BrCCN(Cc1ccccc1)Cc1ccccc1.OCCN(Cc1ccccc1)Cc1ccccc1. The van der Waals surface area contributed by atoms with Crippen LogP contribution in [0.1, 0.15) is 22.3 Å². The molecule has 4 rings (SSSR count). The number of hydrogen-bond donors (Lipinski definition) is 1. The maximum atomic E-state index is 9.15. The number of nitrogens with zero attached hydrogens (tertiary/aromatic N) is 2. The number of aliphatic hydroxyl groups is 1. The van der Waals surface area contributed by atoms with Gasteiger partial charge in [0.1, 0.15) is 0 Å². The largest absolute Gasteiger partial charge is 0.395 e. The van der Waals surface area contributed by atoms with E-state index in [9.17, 15) is 0 Å². The first-order valence-corrected chi connectivity index (χ1v) is 13.7. The fraction of sp³-hybridized carbons (Fsp3) is 0.250. The molecule has 188 valence electrons. The van der Waals surface area contributed by atoms with Gasteiger partial charge in [-0.3, -0.25) is 9.80 Å². The van der Waals surface area contributed by atoms with Gasteiger partial charge in [-0.1, -0.05) is 137 Å². The molecule has 36 heavy (non-hydrogen) atoms. The second-order valence-electron chi connectivity index (χ2n) is 8.78. The number of alkyl halides is 1. The van der Waals surface area contributed by atoms with Gasteiger partial charge in [0, 0.05) is 44.6 Å². The van der Waals surface area contributed by atoms with Crippen LogP contribution in [0, 0.1) is 0 Å². The second kappa shape index (κ2) is 16.8. The van der Waals surface area contributed by atoms with Crippen molar-refractivity contribution in [3.63, 3.8) is 0 Å². The van der Waals surface area contributed by atoms with Gasteiger partial charge in [-0.25, -0.2) is 0 Å². The first-order valence-electron chi connectivity index (χ1n) is 12.5. The highest BCUT2D eigenvalue weighted by Gasteiger charge is 2.07. The van der Waals surface area contributed by atoms with Crippen LogP contribution in [0.2, 0.25) is 0 Å². The van der Waals surface area contributed by atoms with Crippen LogP contribution in [-0.2, 0) is 26.2 Å². The van der Waals surface area contributed by atoms with Gasteiger partial charge < -0.3 is 5.11 Å². The Labute approximate surface area is 225 Å². The molecule has 0 atom stereocenters. The van der Waals surface area contributed by atoms with Crippen molar-refractivity contribution < 1.29 is 5.11 Å². The zero-order valence-corrected chi connectivity index (χ0v) is 22.5. The number of aliphatic hydroxyl groups excluding tert-OH is 1. The van der Waals surface area contributed by atoms with Crippen LogP contribution in [0.4, 0.5) is 0 Å². The Bertz CT molecular complexity index is 890. The molecule has 0 saturated heterocycles. The Balaban J connectivity index is 0.000000201. The van der Waals surface area contributed by atoms with Crippen molar-refractivity contribution >= 4 is 15.9 Å². The van der Waals surface area contributed by atoms with Crippen LogP contribution in [-0.4, -0.2) is 39.9 Å². The van der Waals surface area contributed by atoms with E-state index in [1.165, 1.54) is 22.3 Å². The van der Waals surface area contributed by atoms with Gasteiger partial charge in [0.15, 0.2) is 0 Å². The average Bonchev–Trinajstić information content (AvgIpc) is 2.92. The van der Waals surface area contributed by atoms with Crippen molar-refractivity contribution in [2.75, 3.05) is 25.0 Å². The molecular formula is C32H37BrN2O. The van der Waals surface area contributed by atoms with E-state index in [4.69, 9.17) is 5.11 Å². The molecule has 0 bridgehead atoms. The monoisotopic (exact) mass is 544 g/mol. The summed E-state index contributed by atoms with van der Waals surface area (Å²) in [5.74, 6) is 0. The average molecular weight is 546 g/mol. The normalized spacial score (nSPS) is 10.8. The third kappa shape index (κ3) is 10.9. The van der Waals surface area contributed by atoms with Gasteiger partial charge >= 0.3 is 0 Å². The minimum absolute atomic E-state index is 0.194. The molecule has 0 saturated carbocycles. The molecule has 0 fully saturated rings. The van der Waals surface area contributed by atoms with Crippen molar-refractivity contribution in [2.24, 2.45) is 0 Å². The summed E-state index contributed by atoms with van der Waals surface area (Å²) in [6, 6.07) is 42.0. The van der Waals surface area contributed by atoms with Gasteiger partial charge in [-0.15, -0.1) is 0 Å². The van der Waals surface area contributed by atoms with Gasteiger partial charge in [0.25, 0.3) is 0 Å². The molecule has 4 heteroatoms. The quantitative estimate of drug-likeness (QED) is 0.199. The predicted molar refractivity (Wildman–Crippen MR) is 155 cm³/mol. The van der Waals surface area contributed by atoms with Crippen molar-refractivity contribution in [1.29, 1.82) is 0 Å². The third-order valence-corrected chi connectivity index (χ3v) is 6.17. The van der Waals surface area contributed by atoms with E-state index in [2.05, 4.69) is 135 Å². The van der Waals surface area contributed by atoms with Gasteiger partial charge in [-0.2, -0.15) is 0 Å². The minimum Gasteiger partial charge on any atom is -0.395 e. The summed E-state index contributed by atoms with van der Waals surface area (Å²) in [6.07, 6.45) is 0. The molecule has 0 aromatic heterocycles. The summed E-state index contributed by atoms with van der Waals surface area (Å²) < 4.78 is 0. The smallest absolute Gasteiger partial charge is 0.0558 e. The van der Waals surface area contributed by atoms with Crippen molar-refractivity contribution in [1.82, 2.24) is 9.80 Å². The van der Waals surface area contributed by atoms with Crippen molar-refractivity contribution in [3.8, 4) is 0 Å². The molecule has 1 N–H and O–H groups in total. The van der Waals surface area contributed by atoms with E-state index in [1.54, 1.807) is 0 Å². The zero-order chi connectivity index (χ0) is 25.3. The second-order valence-corrected chi connectivity index (χ2v) is 9.57. The fourth-order valence-corrected chi connectivity index (χ4v) is 4.56. The highest BCUT2D eigenvalue weighted by atomic mass is 79.9. The Morgan fingerprint density at radius 2 is 0.722 bits per heavy atom. The van der Waals surface area contributed by atoms with Gasteiger partial charge in [0.2, 0.25) is 0 Å². The summed E-state index contributed by atoms with van der Waals surface area (Å²) in [5.41, 5.74) is 5.30. The fourth-order valence-electron chi connectivity index (χ4n) is 4.06. The number of hydrogen-bond acceptors (Lipinski definition) is 3. The molecule has 3 nitrogen and oxygen atoms in total. The van der Waals surface area contributed by atoms with E-state index >= 15 is 0 Å². The lowest BCUT2D eigenvalue weighted by atomic mass is 10.1. The number of halogens is 1. The van der Waals surface area contributed by atoms with Crippen molar-refractivity contribution in [2.45, 2.75) is 26.2 Å². The third-order valence-electron chi connectivity index (χ3n) is 5.81. The van der Waals surface area contributed by atoms with E-state index in [0.29, 0.717) is 6.54 Å². The predicted octanol–water partition coefficient (Wildman–Crippen LogP) is 6.76. The Morgan fingerprint density at radius 1 is 0.444 bits per heavy atom. The molecule has 0 aliphatic heterocycles. The lowest BCUT2D eigenvalue weighted by Crippen LogP contribution is -2.26. The Kier molecular flexibility index (Phi) is 13.0. The molecule has 0 heterocycles. The van der Waals surface area contributed by atoms with Crippen LogP contribution in [0.25, 0.3) is 0 Å². The lowest BCUT2D eigenvalue weighted by molar-refractivity contribution is 0.184. The van der Waals surface area contributed by atoms with Crippen LogP contribution in [0.5, 0.6) is 0 Å². The molecule has 0 radical (unpaired) electrons. The zero-order valence-electron chi connectivity index (χ0n) is 20.9. The van der Waals surface area contributed by atoms with Crippen LogP contribution >= 0.6 is 15.9 Å². The van der Waals surface area contributed by atoms with E-state index in [-0.39, 0.29) is 6.61 Å². The van der Waals surface area contributed by atoms with Crippen molar-refractivity contribution in [3.05, 3.63) is 144 Å². The summed E-state index contributed by atoms with van der Waals surface area (Å²) in [5, 5.41) is 10.2. The summed E-state index contributed by atoms with van der Waals surface area (Å²) >= 11 is 3.54. The topological polar surface area (TPSA) is 26.7 Å². The summed E-state index contributed by atoms with van der Waals surface area (Å²) in [4.78, 5) is 4.71. The van der Waals surface area contributed by atoms with Crippen LogP contribution in [0.3, 0.4) is 0 Å². The molecule has 4 aromatic rings. The molecule has 0 spiro atoms. The van der Waals surface area contributed by atoms with E-state index < -0.39 is 0 Å². The first-order chi connectivity index (χ1) is 17.8. The Morgan fingerprint density at radius 3 is 0.972 bits per heavy atom. The van der Waals surface area contributed by atoms with E-state index in [0.717, 1.165) is 38.1 Å². The van der Waals surface area contributed by atoms with Crippen LogP contribution < -0.4 is 0 Å². The molecule has 4 aromatic carbocycles. The van der Waals surface area contributed by atoms with E-state index in [1.807, 2.05) is 12.1 Å². The lowest BCUT2D eigenvalue weighted by Gasteiger charge is -2.21. The molecule has 0 unspecified atom stereocenters. The number of benzene rings is 4. The first kappa shape index (κ1) is 27.8. The standard InChI is InChI=1S/C16H18BrN.C16H19NO/c17-11-12-18(13-15-7-3-1-4-8-15)14-16-9-5-2-6-10-16;18-12-11-17(13-15-7-3-1-4-8-15)14-16-9-5-2-6-10-16/h1-10H,11-14H2;1-10,18H,11-14H2. The summed E-state index contributed by atoms with van der Waals surface area (Å²) in [6.45, 7) is 5.70. The molecular weight excluding hydrogens is 508 g/mol. The highest BCUT2D eigenvalue weighted by Crippen LogP contribution is 2.11. The number of rotatable bonds is 12. The van der Waals surface area contributed by atoms with Crippen LogP contribution in [0.15, 0.2) is 121 Å². The van der Waals surface area contributed by atoms with Gasteiger partial charge in [0.05, 0.1) is 6.61 Å².